The van der Waals surface area contributed by atoms with Crippen LogP contribution in [-0.4, -0.2) is 5.91 Å². The number of carbonyl (C=O) groups excluding carboxylic acids is 1. The standard InChI is InChI=1S/C14H11ClNO/c1-10-6-8-11(9-7-10)14(17)16-13-5-3-2-4-12(13)15/h2-9H,1H2,(H,16,17). The van der Waals surface area contributed by atoms with E-state index in [4.69, 9.17) is 11.6 Å². The van der Waals surface area contributed by atoms with Gasteiger partial charge in [-0.3, -0.25) is 4.79 Å². The van der Waals surface area contributed by atoms with Gasteiger partial charge in [0.15, 0.2) is 0 Å². The maximum atomic E-state index is 11.9. The number of benzene rings is 2. The van der Waals surface area contributed by atoms with Crippen molar-refractivity contribution in [3.8, 4) is 0 Å². The molecule has 2 aromatic rings. The number of rotatable bonds is 2. The van der Waals surface area contributed by atoms with Gasteiger partial charge in [0.1, 0.15) is 0 Å². The fraction of sp³-hybridized carbons (Fsp3) is 0. The Labute approximate surface area is 105 Å². The highest BCUT2D eigenvalue weighted by atomic mass is 35.5. The molecule has 17 heavy (non-hydrogen) atoms. The fourth-order valence-electron chi connectivity index (χ4n) is 1.41. The SMILES string of the molecule is [CH2]c1ccc(C(=O)Nc2ccccc2Cl)cc1. The molecule has 0 fully saturated rings. The predicted octanol–water partition coefficient (Wildman–Crippen LogP) is 3.77. The van der Waals surface area contributed by atoms with Gasteiger partial charge in [0, 0.05) is 5.56 Å². The zero-order valence-electron chi connectivity index (χ0n) is 9.11. The van der Waals surface area contributed by atoms with E-state index in [0.29, 0.717) is 16.3 Å². The van der Waals surface area contributed by atoms with E-state index in [9.17, 15) is 4.79 Å². The van der Waals surface area contributed by atoms with Gasteiger partial charge in [-0.05, 0) is 36.8 Å². The highest BCUT2D eigenvalue weighted by Crippen LogP contribution is 2.21. The van der Waals surface area contributed by atoms with Gasteiger partial charge in [-0.25, -0.2) is 0 Å². The van der Waals surface area contributed by atoms with Gasteiger partial charge >= 0.3 is 0 Å². The first kappa shape index (κ1) is 11.7. The third kappa shape index (κ3) is 2.86. The molecule has 0 heterocycles. The summed E-state index contributed by atoms with van der Waals surface area (Å²) in [7, 11) is 0. The van der Waals surface area contributed by atoms with Crippen LogP contribution in [0, 0.1) is 6.92 Å². The normalized spacial score (nSPS) is 10.0. The molecular weight excluding hydrogens is 234 g/mol. The first-order chi connectivity index (χ1) is 8.16. The average Bonchev–Trinajstić information content (AvgIpc) is 2.33. The molecule has 0 unspecified atom stereocenters. The van der Waals surface area contributed by atoms with Crippen LogP contribution >= 0.6 is 11.6 Å². The van der Waals surface area contributed by atoms with Crippen LogP contribution in [-0.2, 0) is 0 Å². The molecule has 0 aromatic heterocycles. The van der Waals surface area contributed by atoms with Gasteiger partial charge in [0.25, 0.3) is 5.91 Å². The van der Waals surface area contributed by atoms with Crippen molar-refractivity contribution in [1.29, 1.82) is 0 Å². The Bertz CT molecular complexity index is 534. The Kier molecular flexibility index (Phi) is 3.45. The lowest BCUT2D eigenvalue weighted by Gasteiger charge is -2.06. The zero-order chi connectivity index (χ0) is 12.3. The predicted molar refractivity (Wildman–Crippen MR) is 70.3 cm³/mol. The Hall–Kier alpha value is -1.80. The largest absolute Gasteiger partial charge is 0.321 e. The molecule has 3 heteroatoms. The average molecular weight is 245 g/mol. The van der Waals surface area contributed by atoms with Crippen LogP contribution in [0.25, 0.3) is 0 Å². The molecule has 1 amide bonds. The van der Waals surface area contributed by atoms with E-state index in [1.165, 1.54) is 0 Å². The highest BCUT2D eigenvalue weighted by molar-refractivity contribution is 6.33. The third-order valence-electron chi connectivity index (χ3n) is 2.34. The molecule has 0 saturated carbocycles. The van der Waals surface area contributed by atoms with E-state index >= 15 is 0 Å². The van der Waals surface area contributed by atoms with Gasteiger partial charge in [-0.15, -0.1) is 0 Å². The van der Waals surface area contributed by atoms with Crippen molar-refractivity contribution < 1.29 is 4.79 Å². The van der Waals surface area contributed by atoms with Crippen LogP contribution in [0.5, 0.6) is 0 Å². The van der Waals surface area contributed by atoms with Crippen molar-refractivity contribution >= 4 is 23.2 Å². The van der Waals surface area contributed by atoms with E-state index in [2.05, 4.69) is 12.2 Å². The molecule has 0 aliphatic rings. The Morgan fingerprint density at radius 2 is 1.71 bits per heavy atom. The maximum absolute atomic E-state index is 11.9. The molecule has 2 nitrogen and oxygen atoms in total. The molecule has 0 saturated heterocycles. The van der Waals surface area contributed by atoms with Crippen LogP contribution in [0.3, 0.4) is 0 Å². The molecule has 1 N–H and O–H groups in total. The summed E-state index contributed by atoms with van der Waals surface area (Å²) < 4.78 is 0. The van der Waals surface area contributed by atoms with Gasteiger partial charge in [-0.2, -0.15) is 0 Å². The number of carbonyl (C=O) groups is 1. The van der Waals surface area contributed by atoms with Crippen molar-refractivity contribution in [2.45, 2.75) is 0 Å². The van der Waals surface area contributed by atoms with Crippen molar-refractivity contribution in [1.82, 2.24) is 0 Å². The topological polar surface area (TPSA) is 29.1 Å². The van der Waals surface area contributed by atoms with Gasteiger partial charge in [0.2, 0.25) is 0 Å². The summed E-state index contributed by atoms with van der Waals surface area (Å²) in [4.78, 5) is 11.9. The summed E-state index contributed by atoms with van der Waals surface area (Å²) in [5.41, 5.74) is 2.06. The van der Waals surface area contributed by atoms with E-state index in [-0.39, 0.29) is 5.91 Å². The Morgan fingerprint density at radius 1 is 1.06 bits per heavy atom. The highest BCUT2D eigenvalue weighted by Gasteiger charge is 2.07. The number of amides is 1. The number of hydrogen-bond acceptors (Lipinski definition) is 1. The van der Waals surface area contributed by atoms with Crippen LogP contribution in [0.4, 0.5) is 5.69 Å². The lowest BCUT2D eigenvalue weighted by Crippen LogP contribution is -2.11. The van der Waals surface area contributed by atoms with E-state index in [1.807, 2.05) is 12.1 Å². The molecule has 1 radical (unpaired) electrons. The summed E-state index contributed by atoms with van der Waals surface area (Å²) in [6.45, 7) is 3.77. The summed E-state index contributed by atoms with van der Waals surface area (Å²) in [5.74, 6) is -0.182. The number of hydrogen-bond donors (Lipinski definition) is 1. The third-order valence-corrected chi connectivity index (χ3v) is 2.67. The molecule has 0 aliphatic heterocycles. The Balaban J connectivity index is 2.17. The quantitative estimate of drug-likeness (QED) is 0.856. The summed E-state index contributed by atoms with van der Waals surface area (Å²) >= 11 is 5.96. The van der Waals surface area contributed by atoms with Crippen LogP contribution in [0.1, 0.15) is 15.9 Å². The molecule has 2 rings (SSSR count). The number of halogens is 1. The number of para-hydroxylation sites is 1. The molecule has 0 aliphatic carbocycles. The van der Waals surface area contributed by atoms with E-state index < -0.39 is 0 Å². The minimum atomic E-state index is -0.182. The minimum absolute atomic E-state index is 0.182. The summed E-state index contributed by atoms with van der Waals surface area (Å²) in [6.07, 6.45) is 0. The second kappa shape index (κ2) is 5.02. The molecule has 85 valence electrons. The van der Waals surface area contributed by atoms with Gasteiger partial charge in [-0.1, -0.05) is 35.9 Å². The molecular formula is C14H11ClNO. The fourth-order valence-corrected chi connectivity index (χ4v) is 1.60. The van der Waals surface area contributed by atoms with Crippen LogP contribution in [0.2, 0.25) is 5.02 Å². The lowest BCUT2D eigenvalue weighted by atomic mass is 10.1. The van der Waals surface area contributed by atoms with Crippen LogP contribution < -0.4 is 5.32 Å². The zero-order valence-corrected chi connectivity index (χ0v) is 9.87. The van der Waals surface area contributed by atoms with Gasteiger partial charge in [0.05, 0.1) is 10.7 Å². The van der Waals surface area contributed by atoms with Crippen LogP contribution in [0.15, 0.2) is 48.5 Å². The molecule has 0 bridgehead atoms. The maximum Gasteiger partial charge on any atom is 0.255 e. The molecule has 0 atom stereocenters. The van der Waals surface area contributed by atoms with Gasteiger partial charge < -0.3 is 5.32 Å². The van der Waals surface area contributed by atoms with Crippen molar-refractivity contribution in [3.05, 3.63) is 71.6 Å². The monoisotopic (exact) mass is 244 g/mol. The molecule has 2 aromatic carbocycles. The van der Waals surface area contributed by atoms with Crippen molar-refractivity contribution in [2.75, 3.05) is 5.32 Å². The second-order valence-electron chi connectivity index (χ2n) is 3.63. The first-order valence-corrected chi connectivity index (χ1v) is 5.52. The lowest BCUT2D eigenvalue weighted by molar-refractivity contribution is 0.102. The van der Waals surface area contributed by atoms with E-state index in [0.717, 1.165) is 5.56 Å². The molecule has 0 spiro atoms. The van der Waals surface area contributed by atoms with Crippen molar-refractivity contribution in [3.63, 3.8) is 0 Å². The van der Waals surface area contributed by atoms with Crippen molar-refractivity contribution in [2.24, 2.45) is 0 Å². The summed E-state index contributed by atoms with van der Waals surface area (Å²) in [6, 6.07) is 14.2. The Morgan fingerprint density at radius 3 is 2.35 bits per heavy atom. The smallest absolute Gasteiger partial charge is 0.255 e. The van der Waals surface area contributed by atoms with E-state index in [1.54, 1.807) is 36.4 Å². The first-order valence-electron chi connectivity index (χ1n) is 5.15. The minimum Gasteiger partial charge on any atom is -0.321 e. The number of nitrogens with one attached hydrogen (secondary N) is 1. The summed E-state index contributed by atoms with van der Waals surface area (Å²) in [5, 5.41) is 3.28. The number of anilines is 1. The second-order valence-corrected chi connectivity index (χ2v) is 4.04.